The highest BCUT2D eigenvalue weighted by Gasteiger charge is 2.67. The fraction of sp³-hybridized carbons (Fsp3) is 1.00. The molecule has 0 radical (unpaired) electrons. The number of rotatable bonds is 2. The van der Waals surface area contributed by atoms with Gasteiger partial charge in [0.05, 0.1) is 6.61 Å². The lowest BCUT2D eigenvalue weighted by molar-refractivity contribution is -0.236. The summed E-state index contributed by atoms with van der Waals surface area (Å²) in [6.07, 6.45) is 4.04. The molecule has 3 fully saturated rings. The van der Waals surface area contributed by atoms with Gasteiger partial charge in [-0.1, -0.05) is 13.8 Å². The number of ether oxygens (including phenoxy) is 1. The molecule has 2 heteroatoms. The summed E-state index contributed by atoms with van der Waals surface area (Å²) in [5.74, 6) is 3.33. The van der Waals surface area contributed by atoms with Crippen molar-refractivity contribution >= 4 is 0 Å². The van der Waals surface area contributed by atoms with Crippen molar-refractivity contribution in [3.05, 3.63) is 0 Å². The van der Waals surface area contributed by atoms with Gasteiger partial charge in [-0.3, -0.25) is 4.90 Å². The van der Waals surface area contributed by atoms with Crippen LogP contribution in [0, 0.1) is 23.7 Å². The molecule has 1 spiro atoms. The van der Waals surface area contributed by atoms with Gasteiger partial charge in [-0.05, 0) is 44.9 Å². The third-order valence-electron chi connectivity index (χ3n) is 5.30. The third kappa shape index (κ3) is 1.60. The van der Waals surface area contributed by atoms with Gasteiger partial charge < -0.3 is 4.74 Å². The van der Waals surface area contributed by atoms with E-state index in [0.717, 1.165) is 30.3 Å². The third-order valence-corrected chi connectivity index (χ3v) is 5.30. The molecule has 0 N–H and O–H groups in total. The lowest BCUT2D eigenvalue weighted by Gasteiger charge is -2.52. The first-order valence-electron chi connectivity index (χ1n) is 7.48. The van der Waals surface area contributed by atoms with Crippen LogP contribution in [0.4, 0.5) is 0 Å². The van der Waals surface area contributed by atoms with Crippen LogP contribution in [0.15, 0.2) is 0 Å². The van der Waals surface area contributed by atoms with Crippen molar-refractivity contribution in [2.45, 2.75) is 58.7 Å². The highest BCUT2D eigenvalue weighted by atomic mass is 16.5. The van der Waals surface area contributed by atoms with Crippen LogP contribution in [0.1, 0.15) is 47.0 Å². The summed E-state index contributed by atoms with van der Waals surface area (Å²) in [5.41, 5.74) is 0.116. The summed E-state index contributed by atoms with van der Waals surface area (Å²) in [7, 11) is 0. The molecule has 4 unspecified atom stereocenters. The minimum absolute atomic E-state index is 0.116. The molecule has 17 heavy (non-hydrogen) atoms. The second-order valence-corrected chi connectivity index (χ2v) is 6.93. The van der Waals surface area contributed by atoms with E-state index in [4.69, 9.17) is 4.74 Å². The Bertz CT molecular complexity index is 301. The van der Waals surface area contributed by atoms with Crippen molar-refractivity contribution in [1.29, 1.82) is 0 Å². The Kier molecular flexibility index (Phi) is 2.79. The van der Waals surface area contributed by atoms with Crippen LogP contribution in [0.3, 0.4) is 0 Å². The molecule has 2 saturated carbocycles. The Balaban J connectivity index is 1.94. The largest absolute Gasteiger partial charge is 0.360 e. The first kappa shape index (κ1) is 12.0. The topological polar surface area (TPSA) is 12.5 Å². The molecular formula is C15H27NO. The van der Waals surface area contributed by atoms with Crippen LogP contribution in [-0.2, 0) is 4.74 Å². The Labute approximate surface area is 106 Å². The van der Waals surface area contributed by atoms with Crippen LogP contribution < -0.4 is 0 Å². The molecule has 2 aliphatic carbocycles. The zero-order valence-electron chi connectivity index (χ0n) is 11.8. The molecule has 98 valence electrons. The fourth-order valence-electron chi connectivity index (χ4n) is 4.56. The molecule has 0 aromatic rings. The van der Waals surface area contributed by atoms with E-state index in [-0.39, 0.29) is 5.72 Å². The molecule has 1 saturated heterocycles. The Morgan fingerprint density at radius 2 is 1.94 bits per heavy atom. The monoisotopic (exact) mass is 237 g/mol. The maximum absolute atomic E-state index is 6.45. The van der Waals surface area contributed by atoms with E-state index >= 15 is 0 Å². The molecule has 0 amide bonds. The van der Waals surface area contributed by atoms with E-state index in [1.807, 2.05) is 0 Å². The van der Waals surface area contributed by atoms with Gasteiger partial charge in [-0.2, -0.15) is 0 Å². The van der Waals surface area contributed by atoms with Gasteiger partial charge in [0.15, 0.2) is 0 Å². The number of nitrogens with zero attached hydrogens (tertiary/aromatic N) is 1. The van der Waals surface area contributed by atoms with Crippen molar-refractivity contribution in [3.63, 3.8) is 0 Å². The molecule has 0 aromatic carbocycles. The Hall–Kier alpha value is -0.0800. The summed E-state index contributed by atoms with van der Waals surface area (Å²) in [4.78, 5) is 2.69. The average Bonchev–Trinajstić information content (AvgIpc) is 2.99. The Morgan fingerprint density at radius 3 is 2.59 bits per heavy atom. The predicted molar refractivity (Wildman–Crippen MR) is 69.7 cm³/mol. The van der Waals surface area contributed by atoms with E-state index in [9.17, 15) is 0 Å². The van der Waals surface area contributed by atoms with Gasteiger partial charge in [-0.15, -0.1) is 0 Å². The first-order chi connectivity index (χ1) is 8.07. The quantitative estimate of drug-likeness (QED) is 0.731. The second-order valence-electron chi connectivity index (χ2n) is 6.93. The molecule has 3 aliphatic rings. The van der Waals surface area contributed by atoms with Crippen molar-refractivity contribution in [2.75, 3.05) is 13.2 Å². The molecule has 1 heterocycles. The van der Waals surface area contributed by atoms with Crippen LogP contribution >= 0.6 is 0 Å². The highest BCUT2D eigenvalue weighted by Crippen LogP contribution is 2.65. The maximum atomic E-state index is 6.45. The predicted octanol–water partition coefficient (Wildman–Crippen LogP) is 3.13. The number of hydrogen-bond donors (Lipinski definition) is 0. The van der Waals surface area contributed by atoms with Gasteiger partial charge >= 0.3 is 0 Å². The maximum Gasteiger partial charge on any atom is 0.128 e. The van der Waals surface area contributed by atoms with Crippen molar-refractivity contribution in [1.82, 2.24) is 4.90 Å². The molecule has 0 bridgehead atoms. The number of hydrogen-bond acceptors (Lipinski definition) is 2. The van der Waals surface area contributed by atoms with E-state index in [2.05, 4.69) is 32.6 Å². The van der Waals surface area contributed by atoms with Gasteiger partial charge in [-0.25, -0.2) is 0 Å². The molecular weight excluding hydrogens is 210 g/mol. The van der Waals surface area contributed by atoms with E-state index in [0.29, 0.717) is 6.04 Å². The van der Waals surface area contributed by atoms with E-state index in [1.165, 1.54) is 25.8 Å². The molecule has 0 aromatic heterocycles. The zero-order valence-corrected chi connectivity index (χ0v) is 11.8. The lowest BCUT2D eigenvalue weighted by atomic mass is 9.82. The SMILES string of the molecule is CC(C)C1CC2CC2C12OCCCN2C(C)C. The summed E-state index contributed by atoms with van der Waals surface area (Å²) in [5, 5.41) is 0. The zero-order chi connectivity index (χ0) is 12.2. The van der Waals surface area contributed by atoms with Gasteiger partial charge in [0.2, 0.25) is 0 Å². The average molecular weight is 237 g/mol. The molecule has 4 atom stereocenters. The van der Waals surface area contributed by atoms with Gasteiger partial charge in [0.25, 0.3) is 0 Å². The fourth-order valence-corrected chi connectivity index (χ4v) is 4.56. The molecule has 3 rings (SSSR count). The summed E-state index contributed by atoms with van der Waals surface area (Å²) in [6, 6.07) is 0.621. The van der Waals surface area contributed by atoms with Crippen LogP contribution in [0.25, 0.3) is 0 Å². The minimum Gasteiger partial charge on any atom is -0.360 e. The van der Waals surface area contributed by atoms with Crippen LogP contribution in [0.5, 0.6) is 0 Å². The molecule has 1 aliphatic heterocycles. The first-order valence-corrected chi connectivity index (χ1v) is 7.48. The van der Waals surface area contributed by atoms with E-state index < -0.39 is 0 Å². The Morgan fingerprint density at radius 1 is 1.18 bits per heavy atom. The summed E-state index contributed by atoms with van der Waals surface area (Å²) < 4.78 is 6.45. The second kappa shape index (κ2) is 3.96. The van der Waals surface area contributed by atoms with Crippen molar-refractivity contribution in [3.8, 4) is 0 Å². The normalized spacial score (nSPS) is 45.9. The highest BCUT2D eigenvalue weighted by molar-refractivity contribution is 5.14. The summed E-state index contributed by atoms with van der Waals surface area (Å²) >= 11 is 0. The van der Waals surface area contributed by atoms with Gasteiger partial charge in [0, 0.05) is 24.4 Å². The van der Waals surface area contributed by atoms with Gasteiger partial charge in [0.1, 0.15) is 5.72 Å². The van der Waals surface area contributed by atoms with Crippen molar-refractivity contribution in [2.24, 2.45) is 23.7 Å². The van der Waals surface area contributed by atoms with Crippen LogP contribution in [-0.4, -0.2) is 29.8 Å². The van der Waals surface area contributed by atoms with E-state index in [1.54, 1.807) is 0 Å². The number of fused-ring (bicyclic) bond motifs is 2. The van der Waals surface area contributed by atoms with Crippen molar-refractivity contribution < 1.29 is 4.74 Å². The lowest BCUT2D eigenvalue weighted by Crippen LogP contribution is -2.62. The van der Waals surface area contributed by atoms with Crippen LogP contribution in [0.2, 0.25) is 0 Å². The molecule has 2 nitrogen and oxygen atoms in total. The standard InChI is InChI=1S/C15H27NO/c1-10(2)13-8-12-9-14(12)15(13)16(11(3)4)6-5-7-17-15/h10-14H,5-9H2,1-4H3. The smallest absolute Gasteiger partial charge is 0.128 e. The summed E-state index contributed by atoms with van der Waals surface area (Å²) in [6.45, 7) is 11.7. The minimum atomic E-state index is 0.116.